The predicted octanol–water partition coefficient (Wildman–Crippen LogP) is 6.59. The van der Waals surface area contributed by atoms with E-state index in [0.717, 1.165) is 16.9 Å². The first kappa shape index (κ1) is 26.6. The van der Waals surface area contributed by atoms with Crippen molar-refractivity contribution in [2.75, 3.05) is 6.61 Å². The summed E-state index contributed by atoms with van der Waals surface area (Å²) in [7, 11) is 0. The third-order valence-corrected chi connectivity index (χ3v) is 6.75. The lowest BCUT2D eigenvalue weighted by atomic mass is 10.1. The lowest BCUT2D eigenvalue weighted by Gasteiger charge is -2.30. The molecule has 6 nitrogen and oxygen atoms in total. The number of hydrogen-bond donors (Lipinski definition) is 0. The maximum Gasteiger partial charge on any atom is 0.266 e. The monoisotopic (exact) mass is 529 g/mol. The lowest BCUT2D eigenvalue weighted by Crippen LogP contribution is -2.36. The zero-order valence-electron chi connectivity index (χ0n) is 22.6. The van der Waals surface area contributed by atoms with Crippen LogP contribution in [0, 0.1) is 0 Å². The number of rotatable bonds is 9. The molecule has 0 aliphatic heterocycles. The molecule has 1 atom stereocenters. The van der Waals surface area contributed by atoms with Gasteiger partial charge in [0.05, 0.1) is 29.2 Å². The zero-order chi connectivity index (χ0) is 27.9. The fourth-order valence-corrected chi connectivity index (χ4v) is 4.69. The van der Waals surface area contributed by atoms with Gasteiger partial charge in [0.25, 0.3) is 5.56 Å². The summed E-state index contributed by atoms with van der Waals surface area (Å²) in [6.07, 6.45) is 3.38. The van der Waals surface area contributed by atoms with Crippen LogP contribution in [0.3, 0.4) is 0 Å². The van der Waals surface area contributed by atoms with Gasteiger partial charge in [0.2, 0.25) is 5.91 Å². The van der Waals surface area contributed by atoms with Crippen LogP contribution < -0.4 is 10.3 Å². The minimum atomic E-state index is -0.531. The van der Waals surface area contributed by atoms with E-state index in [1.807, 2.05) is 117 Å². The number of benzene rings is 4. The van der Waals surface area contributed by atoms with E-state index in [2.05, 4.69) is 0 Å². The summed E-state index contributed by atoms with van der Waals surface area (Å²) in [6.45, 7) is 4.74. The minimum absolute atomic E-state index is 0.180. The van der Waals surface area contributed by atoms with E-state index in [1.54, 1.807) is 27.7 Å². The molecular weight excluding hydrogens is 498 g/mol. The average Bonchev–Trinajstić information content (AvgIpc) is 3.00. The molecule has 5 aromatic rings. The van der Waals surface area contributed by atoms with E-state index >= 15 is 0 Å². The van der Waals surface area contributed by atoms with Gasteiger partial charge < -0.3 is 9.64 Å². The van der Waals surface area contributed by atoms with Crippen molar-refractivity contribution in [2.45, 2.75) is 26.4 Å². The smallest absolute Gasteiger partial charge is 0.266 e. The van der Waals surface area contributed by atoms with Crippen molar-refractivity contribution < 1.29 is 9.53 Å². The van der Waals surface area contributed by atoms with Gasteiger partial charge in [-0.25, -0.2) is 4.98 Å². The molecule has 0 radical (unpaired) electrons. The van der Waals surface area contributed by atoms with E-state index in [1.165, 1.54) is 0 Å². The largest absolute Gasteiger partial charge is 0.494 e. The molecule has 0 aliphatic rings. The number of fused-ring (bicyclic) bond motifs is 1. The Bertz CT molecular complexity index is 1680. The van der Waals surface area contributed by atoms with E-state index in [-0.39, 0.29) is 11.5 Å². The van der Waals surface area contributed by atoms with Gasteiger partial charge in [-0.05, 0) is 67.4 Å². The van der Waals surface area contributed by atoms with Crippen molar-refractivity contribution in [3.63, 3.8) is 0 Å². The van der Waals surface area contributed by atoms with Crippen molar-refractivity contribution in [2.24, 2.45) is 0 Å². The Kier molecular flexibility index (Phi) is 8.16. The maximum absolute atomic E-state index is 13.9. The molecule has 40 heavy (non-hydrogen) atoms. The van der Waals surface area contributed by atoms with Gasteiger partial charge in [0.1, 0.15) is 11.6 Å². The summed E-state index contributed by atoms with van der Waals surface area (Å²) in [6, 6.07) is 33.7. The Hall–Kier alpha value is -4.97. The van der Waals surface area contributed by atoms with Crippen LogP contribution in [0.4, 0.5) is 0 Å². The number of aromatic nitrogens is 2. The quantitative estimate of drug-likeness (QED) is 0.202. The number of hydrogen-bond acceptors (Lipinski definition) is 4. The Balaban J connectivity index is 1.62. The Labute approximate surface area is 233 Å². The fraction of sp³-hybridized carbons (Fsp3) is 0.147. The van der Waals surface area contributed by atoms with Crippen LogP contribution in [0.1, 0.15) is 36.8 Å². The van der Waals surface area contributed by atoms with E-state index in [4.69, 9.17) is 9.72 Å². The second-order valence-electron chi connectivity index (χ2n) is 9.43. The average molecular weight is 530 g/mol. The topological polar surface area (TPSA) is 64.4 Å². The predicted molar refractivity (Wildman–Crippen MR) is 159 cm³/mol. The number of ether oxygens (including phenoxy) is 1. The van der Waals surface area contributed by atoms with Crippen LogP contribution in [0.25, 0.3) is 22.7 Å². The SMILES string of the molecule is CCOc1ccc(-n2c(C(C)N(Cc3ccccc3)C(=O)C=Cc3ccccc3)nc3ccccc3c2=O)cc1. The van der Waals surface area contributed by atoms with Crippen molar-refractivity contribution >= 4 is 22.9 Å². The zero-order valence-corrected chi connectivity index (χ0v) is 22.6. The Morgan fingerprint density at radius 3 is 2.25 bits per heavy atom. The van der Waals surface area contributed by atoms with Crippen LogP contribution in [0.15, 0.2) is 120 Å². The van der Waals surface area contributed by atoms with Crippen molar-refractivity contribution in [3.8, 4) is 11.4 Å². The molecule has 0 saturated carbocycles. The standard InChI is InChI=1S/C34H31N3O3/c1-3-40-29-21-19-28(20-22-29)37-33(35-31-17-11-10-16-30(31)34(37)39)25(2)36(24-27-14-8-5-9-15-27)32(38)23-18-26-12-6-4-7-13-26/h4-23,25H,3,24H2,1-2H3. The van der Waals surface area contributed by atoms with Gasteiger partial charge in [-0.1, -0.05) is 72.8 Å². The number of amides is 1. The molecule has 5 rings (SSSR count). The second-order valence-corrected chi connectivity index (χ2v) is 9.43. The summed E-state index contributed by atoms with van der Waals surface area (Å²) < 4.78 is 7.22. The molecule has 0 saturated heterocycles. The number of para-hydroxylation sites is 1. The van der Waals surface area contributed by atoms with Gasteiger partial charge in [-0.3, -0.25) is 14.2 Å². The normalized spacial score (nSPS) is 11.9. The van der Waals surface area contributed by atoms with E-state index in [0.29, 0.717) is 35.6 Å². The molecular formula is C34H31N3O3. The first-order valence-electron chi connectivity index (χ1n) is 13.4. The van der Waals surface area contributed by atoms with Crippen molar-refractivity contribution in [1.82, 2.24) is 14.5 Å². The molecule has 1 amide bonds. The molecule has 1 unspecified atom stereocenters. The summed E-state index contributed by atoms with van der Waals surface area (Å²) in [5, 5.41) is 0.511. The van der Waals surface area contributed by atoms with Gasteiger partial charge in [-0.2, -0.15) is 0 Å². The van der Waals surface area contributed by atoms with Crippen LogP contribution in [0.5, 0.6) is 5.75 Å². The Morgan fingerprint density at radius 1 is 0.900 bits per heavy atom. The van der Waals surface area contributed by atoms with Crippen LogP contribution >= 0.6 is 0 Å². The van der Waals surface area contributed by atoms with Gasteiger partial charge in [0, 0.05) is 12.6 Å². The highest BCUT2D eigenvalue weighted by atomic mass is 16.5. The number of carbonyl (C=O) groups is 1. The van der Waals surface area contributed by atoms with E-state index < -0.39 is 6.04 Å². The summed E-state index contributed by atoms with van der Waals surface area (Å²) in [5.74, 6) is 1.01. The third-order valence-electron chi connectivity index (χ3n) is 6.75. The minimum Gasteiger partial charge on any atom is -0.494 e. The van der Waals surface area contributed by atoms with Crippen LogP contribution in [-0.2, 0) is 11.3 Å². The summed E-state index contributed by atoms with van der Waals surface area (Å²) in [4.78, 5) is 34.4. The molecule has 0 N–H and O–H groups in total. The van der Waals surface area contributed by atoms with Crippen molar-refractivity contribution in [1.29, 1.82) is 0 Å². The highest BCUT2D eigenvalue weighted by Gasteiger charge is 2.26. The Morgan fingerprint density at radius 2 is 1.55 bits per heavy atom. The molecule has 0 bridgehead atoms. The highest BCUT2D eigenvalue weighted by molar-refractivity contribution is 5.92. The fourth-order valence-electron chi connectivity index (χ4n) is 4.69. The lowest BCUT2D eigenvalue weighted by molar-refractivity contribution is -0.128. The molecule has 0 fully saturated rings. The molecule has 4 aromatic carbocycles. The third kappa shape index (κ3) is 5.86. The van der Waals surface area contributed by atoms with Crippen LogP contribution in [-0.4, -0.2) is 27.0 Å². The van der Waals surface area contributed by atoms with Crippen LogP contribution in [0.2, 0.25) is 0 Å². The molecule has 0 aliphatic carbocycles. The number of nitrogens with zero attached hydrogens (tertiary/aromatic N) is 3. The first-order valence-corrected chi connectivity index (χ1v) is 13.4. The summed E-state index contributed by atoms with van der Waals surface area (Å²) in [5.41, 5.74) is 2.96. The molecule has 6 heteroatoms. The highest BCUT2D eigenvalue weighted by Crippen LogP contribution is 2.26. The molecule has 1 aromatic heterocycles. The van der Waals surface area contributed by atoms with E-state index in [9.17, 15) is 9.59 Å². The maximum atomic E-state index is 13.9. The first-order chi connectivity index (χ1) is 19.5. The van der Waals surface area contributed by atoms with Gasteiger partial charge in [-0.15, -0.1) is 0 Å². The molecule has 0 spiro atoms. The van der Waals surface area contributed by atoms with Gasteiger partial charge in [0.15, 0.2) is 0 Å². The van der Waals surface area contributed by atoms with Crippen molar-refractivity contribution in [3.05, 3.63) is 143 Å². The molecule has 1 heterocycles. The number of carbonyl (C=O) groups excluding carboxylic acids is 1. The summed E-state index contributed by atoms with van der Waals surface area (Å²) >= 11 is 0. The van der Waals surface area contributed by atoms with Gasteiger partial charge >= 0.3 is 0 Å². The molecule has 200 valence electrons. The second kappa shape index (κ2) is 12.3.